The third-order valence-electron chi connectivity index (χ3n) is 4.00. The molecule has 0 atom stereocenters. The molecule has 1 amide bonds. The third kappa shape index (κ3) is 3.55. The highest BCUT2D eigenvalue weighted by atomic mass is 32.1. The van der Waals surface area contributed by atoms with E-state index in [1.54, 1.807) is 13.0 Å². The number of amides is 1. The number of aromatic nitrogens is 2. The normalized spacial score (nSPS) is 11.8. The number of aryl methyl sites for hydroxylation is 3. The second-order valence-corrected chi connectivity index (χ2v) is 6.97. The Morgan fingerprint density at radius 2 is 1.92 bits per heavy atom. The highest BCUT2D eigenvalue weighted by molar-refractivity contribution is 7.20. The number of fused-ring (bicyclic) bond motifs is 1. The van der Waals surface area contributed by atoms with Gasteiger partial charge in [0.25, 0.3) is 5.91 Å². The zero-order valence-electron chi connectivity index (χ0n) is 14.4. The van der Waals surface area contributed by atoms with Gasteiger partial charge in [-0.2, -0.15) is 13.2 Å². The predicted molar refractivity (Wildman–Crippen MR) is 94.2 cm³/mol. The standard InChI is InChI=1S/C18H16F3N3OS/c1-9-14-10(2)23-11(3)24-17(14)26-15(9)16(25)22-8-12-5-4-6-13(7-12)18(19,20)21/h4-7H,8H2,1-3H3,(H,22,25). The molecule has 4 nitrogen and oxygen atoms in total. The van der Waals surface area contributed by atoms with Crippen LogP contribution >= 0.6 is 11.3 Å². The lowest BCUT2D eigenvalue weighted by molar-refractivity contribution is -0.137. The van der Waals surface area contributed by atoms with Crippen molar-refractivity contribution in [2.24, 2.45) is 0 Å². The van der Waals surface area contributed by atoms with Gasteiger partial charge in [-0.05, 0) is 44.0 Å². The molecule has 136 valence electrons. The van der Waals surface area contributed by atoms with E-state index in [4.69, 9.17) is 0 Å². The average molecular weight is 379 g/mol. The van der Waals surface area contributed by atoms with Gasteiger partial charge in [0.15, 0.2) is 0 Å². The molecule has 0 saturated heterocycles. The van der Waals surface area contributed by atoms with Crippen LogP contribution in [-0.2, 0) is 12.7 Å². The molecule has 0 bridgehead atoms. The van der Waals surface area contributed by atoms with E-state index in [0.717, 1.165) is 33.6 Å². The molecule has 0 spiro atoms. The van der Waals surface area contributed by atoms with Crippen molar-refractivity contribution in [3.05, 3.63) is 57.4 Å². The molecule has 2 aromatic heterocycles. The Labute approximate surface area is 152 Å². The van der Waals surface area contributed by atoms with Crippen LogP contribution < -0.4 is 5.32 Å². The molecule has 3 aromatic rings. The Balaban J connectivity index is 1.82. The Kier molecular flexibility index (Phi) is 4.70. The first-order chi connectivity index (χ1) is 12.2. The fourth-order valence-corrected chi connectivity index (χ4v) is 4.00. The molecule has 2 heterocycles. The van der Waals surface area contributed by atoms with E-state index in [0.29, 0.717) is 16.3 Å². The first-order valence-corrected chi connectivity index (χ1v) is 8.67. The number of hydrogen-bond acceptors (Lipinski definition) is 4. The second kappa shape index (κ2) is 6.68. The van der Waals surface area contributed by atoms with E-state index < -0.39 is 11.7 Å². The van der Waals surface area contributed by atoms with Crippen molar-refractivity contribution in [2.75, 3.05) is 0 Å². The van der Waals surface area contributed by atoms with Crippen molar-refractivity contribution in [3.8, 4) is 0 Å². The van der Waals surface area contributed by atoms with E-state index in [1.807, 2.05) is 13.8 Å². The van der Waals surface area contributed by atoms with Gasteiger partial charge in [0, 0.05) is 17.6 Å². The topological polar surface area (TPSA) is 54.9 Å². The molecule has 26 heavy (non-hydrogen) atoms. The third-order valence-corrected chi connectivity index (χ3v) is 5.18. The van der Waals surface area contributed by atoms with E-state index in [9.17, 15) is 18.0 Å². The molecule has 0 radical (unpaired) electrons. The van der Waals surface area contributed by atoms with Crippen LogP contribution in [0.25, 0.3) is 10.2 Å². The first-order valence-electron chi connectivity index (χ1n) is 7.85. The smallest absolute Gasteiger partial charge is 0.347 e. The molecule has 1 N–H and O–H groups in total. The van der Waals surface area contributed by atoms with Crippen molar-refractivity contribution in [1.82, 2.24) is 15.3 Å². The van der Waals surface area contributed by atoms with Gasteiger partial charge in [-0.25, -0.2) is 9.97 Å². The Morgan fingerprint density at radius 1 is 1.19 bits per heavy atom. The largest absolute Gasteiger partial charge is 0.416 e. The van der Waals surface area contributed by atoms with Gasteiger partial charge in [-0.15, -0.1) is 11.3 Å². The van der Waals surface area contributed by atoms with Gasteiger partial charge in [-0.3, -0.25) is 4.79 Å². The van der Waals surface area contributed by atoms with Crippen LogP contribution in [0.5, 0.6) is 0 Å². The molecule has 3 rings (SSSR count). The number of carbonyl (C=O) groups is 1. The monoisotopic (exact) mass is 379 g/mol. The van der Waals surface area contributed by atoms with Crippen molar-refractivity contribution < 1.29 is 18.0 Å². The van der Waals surface area contributed by atoms with E-state index >= 15 is 0 Å². The number of hydrogen-bond donors (Lipinski definition) is 1. The van der Waals surface area contributed by atoms with Gasteiger partial charge in [0.2, 0.25) is 0 Å². The zero-order valence-corrected chi connectivity index (χ0v) is 15.2. The van der Waals surface area contributed by atoms with Gasteiger partial charge < -0.3 is 5.32 Å². The lowest BCUT2D eigenvalue weighted by Gasteiger charge is -2.09. The van der Waals surface area contributed by atoms with Crippen LogP contribution in [0.2, 0.25) is 0 Å². The lowest BCUT2D eigenvalue weighted by Crippen LogP contribution is -2.22. The number of nitrogens with zero attached hydrogens (tertiary/aromatic N) is 2. The van der Waals surface area contributed by atoms with Crippen LogP contribution in [0.4, 0.5) is 13.2 Å². The number of nitrogens with one attached hydrogen (secondary N) is 1. The highest BCUT2D eigenvalue weighted by Gasteiger charge is 2.30. The molecule has 0 saturated carbocycles. The van der Waals surface area contributed by atoms with E-state index in [2.05, 4.69) is 15.3 Å². The van der Waals surface area contributed by atoms with Crippen molar-refractivity contribution >= 4 is 27.5 Å². The fraction of sp³-hybridized carbons (Fsp3) is 0.278. The number of thiophene rings is 1. The molecule has 1 aromatic carbocycles. The molecule has 0 aliphatic carbocycles. The quantitative estimate of drug-likeness (QED) is 0.726. The Bertz CT molecular complexity index is 995. The van der Waals surface area contributed by atoms with Crippen LogP contribution in [0.15, 0.2) is 24.3 Å². The zero-order chi connectivity index (χ0) is 19.1. The van der Waals surface area contributed by atoms with Crippen LogP contribution in [-0.4, -0.2) is 15.9 Å². The molecular weight excluding hydrogens is 363 g/mol. The molecule has 0 aliphatic rings. The molecule has 8 heteroatoms. The lowest BCUT2D eigenvalue weighted by atomic mass is 10.1. The maximum absolute atomic E-state index is 12.8. The summed E-state index contributed by atoms with van der Waals surface area (Å²) in [5.74, 6) is 0.298. The summed E-state index contributed by atoms with van der Waals surface area (Å²) < 4.78 is 38.3. The second-order valence-electron chi connectivity index (χ2n) is 5.97. The predicted octanol–water partition coefficient (Wildman–Crippen LogP) is 4.57. The number of carbonyl (C=O) groups excluding carboxylic acids is 1. The van der Waals surface area contributed by atoms with Gasteiger partial charge >= 0.3 is 6.18 Å². The van der Waals surface area contributed by atoms with Gasteiger partial charge in [0.05, 0.1) is 10.4 Å². The summed E-state index contributed by atoms with van der Waals surface area (Å²) in [5, 5.41) is 3.54. The van der Waals surface area contributed by atoms with Crippen LogP contribution in [0.1, 0.15) is 37.9 Å². The number of rotatable bonds is 3. The summed E-state index contributed by atoms with van der Waals surface area (Å²) in [6, 6.07) is 4.92. The Hall–Kier alpha value is -2.48. The molecule has 0 unspecified atom stereocenters. The number of benzene rings is 1. The first kappa shape index (κ1) is 18.3. The maximum Gasteiger partial charge on any atom is 0.416 e. The minimum absolute atomic E-state index is 0.0140. The van der Waals surface area contributed by atoms with Crippen molar-refractivity contribution in [2.45, 2.75) is 33.5 Å². The summed E-state index contributed by atoms with van der Waals surface area (Å²) in [4.78, 5) is 22.4. The fourth-order valence-electron chi connectivity index (χ4n) is 2.81. The highest BCUT2D eigenvalue weighted by Crippen LogP contribution is 2.31. The van der Waals surface area contributed by atoms with Gasteiger partial charge in [-0.1, -0.05) is 12.1 Å². The van der Waals surface area contributed by atoms with Crippen LogP contribution in [0.3, 0.4) is 0 Å². The summed E-state index contributed by atoms with van der Waals surface area (Å²) in [6.45, 7) is 5.49. The maximum atomic E-state index is 12.8. The summed E-state index contributed by atoms with van der Waals surface area (Å²) in [5.41, 5.74) is 1.24. The summed E-state index contributed by atoms with van der Waals surface area (Å²) >= 11 is 1.26. The van der Waals surface area contributed by atoms with E-state index in [1.165, 1.54) is 17.4 Å². The SMILES string of the molecule is Cc1nc(C)c2c(C)c(C(=O)NCc3cccc(C(F)(F)F)c3)sc2n1. The van der Waals surface area contributed by atoms with Crippen molar-refractivity contribution in [3.63, 3.8) is 0 Å². The van der Waals surface area contributed by atoms with Crippen molar-refractivity contribution in [1.29, 1.82) is 0 Å². The number of alkyl halides is 3. The Morgan fingerprint density at radius 3 is 2.62 bits per heavy atom. The molecular formula is C18H16F3N3OS. The van der Waals surface area contributed by atoms with E-state index in [-0.39, 0.29) is 12.5 Å². The van der Waals surface area contributed by atoms with Gasteiger partial charge in [0.1, 0.15) is 10.7 Å². The van der Waals surface area contributed by atoms with Crippen LogP contribution in [0, 0.1) is 20.8 Å². The molecule has 0 aliphatic heterocycles. The summed E-state index contributed by atoms with van der Waals surface area (Å²) in [6.07, 6.45) is -4.41. The minimum atomic E-state index is -4.41. The number of halogens is 3. The minimum Gasteiger partial charge on any atom is -0.347 e. The average Bonchev–Trinajstić information content (AvgIpc) is 2.89. The molecule has 0 fully saturated rings. The summed E-state index contributed by atoms with van der Waals surface area (Å²) in [7, 11) is 0.